The molecule has 2 aromatic carbocycles. The first-order valence-corrected chi connectivity index (χ1v) is 10.5. The van der Waals surface area contributed by atoms with Gasteiger partial charge in [-0.15, -0.1) is 0 Å². The van der Waals surface area contributed by atoms with Crippen molar-refractivity contribution in [2.45, 2.75) is 25.7 Å². The third-order valence-electron chi connectivity index (χ3n) is 5.79. The van der Waals surface area contributed by atoms with Crippen molar-refractivity contribution in [2.24, 2.45) is 0 Å². The number of carbonyl (C=O) groups is 2. The Morgan fingerprint density at radius 2 is 1.50 bits per heavy atom. The Bertz CT molecular complexity index is 933. The quantitative estimate of drug-likeness (QED) is 0.837. The van der Waals surface area contributed by atoms with Crippen LogP contribution in [0.3, 0.4) is 0 Å². The third kappa shape index (κ3) is 4.89. The molecule has 2 aromatic rings. The number of ether oxygens (including phenoxy) is 2. The number of Topliss-reactive ketones (excluding diaryl/α,β-unsaturated/α-hetero) is 2. The third-order valence-corrected chi connectivity index (χ3v) is 5.79. The number of rotatable bonds is 4. The normalized spacial score (nSPS) is 17.9. The molecule has 6 heteroatoms. The Morgan fingerprint density at radius 1 is 0.867 bits per heavy atom. The second-order valence-electron chi connectivity index (χ2n) is 7.81. The van der Waals surface area contributed by atoms with Gasteiger partial charge in [0.05, 0.1) is 13.2 Å². The highest BCUT2D eigenvalue weighted by atomic mass is 16.5. The summed E-state index contributed by atoms with van der Waals surface area (Å²) in [6.07, 6.45) is 2.88. The summed E-state index contributed by atoms with van der Waals surface area (Å²) in [5, 5.41) is 9.07. The maximum atomic E-state index is 11.5. The number of aryl methyl sites for hydroxylation is 2. The lowest BCUT2D eigenvalue weighted by molar-refractivity contribution is 0.0322. The average Bonchev–Trinajstić information content (AvgIpc) is 3.31. The maximum absolute atomic E-state index is 11.5. The number of aromatic hydroxyl groups is 1. The van der Waals surface area contributed by atoms with E-state index in [9.17, 15) is 9.59 Å². The predicted molar refractivity (Wildman–Crippen MR) is 113 cm³/mol. The van der Waals surface area contributed by atoms with Crippen LogP contribution < -0.4 is 4.74 Å². The van der Waals surface area contributed by atoms with E-state index < -0.39 is 0 Å². The molecule has 1 saturated heterocycles. The number of nitrogens with zero attached hydrogens (tertiary/aromatic N) is 1. The van der Waals surface area contributed by atoms with Crippen LogP contribution in [0, 0.1) is 0 Å². The van der Waals surface area contributed by atoms with E-state index in [0.717, 1.165) is 73.7 Å². The molecule has 1 fully saturated rings. The molecule has 158 valence electrons. The number of hydrogen-bond acceptors (Lipinski definition) is 6. The van der Waals surface area contributed by atoms with Crippen molar-refractivity contribution in [3.8, 4) is 11.5 Å². The van der Waals surface area contributed by atoms with E-state index in [2.05, 4.69) is 4.90 Å². The van der Waals surface area contributed by atoms with Gasteiger partial charge in [-0.3, -0.25) is 14.5 Å². The molecule has 1 heterocycles. The van der Waals surface area contributed by atoms with Crippen LogP contribution in [0.15, 0.2) is 36.4 Å². The molecule has 0 atom stereocenters. The molecule has 2 aliphatic carbocycles. The van der Waals surface area contributed by atoms with E-state index in [1.165, 1.54) is 0 Å². The highest BCUT2D eigenvalue weighted by molar-refractivity contribution is 6.01. The van der Waals surface area contributed by atoms with Gasteiger partial charge < -0.3 is 14.6 Å². The van der Waals surface area contributed by atoms with Crippen LogP contribution in [0.4, 0.5) is 0 Å². The SMILES string of the molecule is O=C1CCc2cc(O)ccc21.O=C1CCc2cc(OCCN3CCOCC3)ccc21. The lowest BCUT2D eigenvalue weighted by atomic mass is 10.1. The van der Waals surface area contributed by atoms with Gasteiger partial charge >= 0.3 is 0 Å². The molecular weight excluding hydrogens is 382 g/mol. The number of hydrogen-bond donors (Lipinski definition) is 1. The predicted octanol–water partition coefficient (Wildman–Crippen LogP) is 3.05. The molecule has 0 saturated carbocycles. The zero-order valence-corrected chi connectivity index (χ0v) is 17.1. The first kappa shape index (κ1) is 20.6. The summed E-state index contributed by atoms with van der Waals surface area (Å²) in [6.45, 7) is 5.23. The van der Waals surface area contributed by atoms with Crippen molar-refractivity contribution in [3.63, 3.8) is 0 Å². The molecule has 0 spiro atoms. The largest absolute Gasteiger partial charge is 0.508 e. The van der Waals surface area contributed by atoms with E-state index in [4.69, 9.17) is 14.6 Å². The zero-order chi connectivity index (χ0) is 20.9. The molecule has 0 aromatic heterocycles. The van der Waals surface area contributed by atoms with E-state index >= 15 is 0 Å². The van der Waals surface area contributed by atoms with E-state index in [-0.39, 0.29) is 17.3 Å². The Balaban J connectivity index is 0.000000168. The monoisotopic (exact) mass is 409 g/mol. The highest BCUT2D eigenvalue weighted by Crippen LogP contribution is 2.26. The van der Waals surface area contributed by atoms with Crippen LogP contribution in [0.2, 0.25) is 0 Å². The number of carbonyl (C=O) groups excluding carboxylic acids is 2. The van der Waals surface area contributed by atoms with Gasteiger partial charge in [-0.1, -0.05) is 0 Å². The smallest absolute Gasteiger partial charge is 0.163 e. The van der Waals surface area contributed by atoms with Crippen molar-refractivity contribution < 1.29 is 24.2 Å². The van der Waals surface area contributed by atoms with Crippen molar-refractivity contribution in [1.29, 1.82) is 0 Å². The number of morpholine rings is 1. The van der Waals surface area contributed by atoms with Gasteiger partial charge in [0, 0.05) is 43.6 Å². The average molecular weight is 409 g/mol. The molecule has 0 radical (unpaired) electrons. The standard InChI is InChI=1S/C15H19NO3.C9H8O2/c17-15-4-1-12-11-13(2-3-14(12)15)19-10-7-16-5-8-18-9-6-16;10-7-2-3-8-6(5-7)1-4-9(8)11/h2-3,11H,1,4-10H2;2-3,5,10H,1,4H2. The fraction of sp³-hybridized carbons (Fsp3) is 0.417. The van der Waals surface area contributed by atoms with Crippen molar-refractivity contribution in [1.82, 2.24) is 4.90 Å². The molecule has 1 N–H and O–H groups in total. The lowest BCUT2D eigenvalue weighted by Crippen LogP contribution is -2.38. The molecule has 5 rings (SSSR count). The zero-order valence-electron chi connectivity index (χ0n) is 17.1. The summed E-state index contributed by atoms with van der Waals surface area (Å²) >= 11 is 0. The number of ketones is 2. The molecule has 6 nitrogen and oxygen atoms in total. The van der Waals surface area contributed by atoms with E-state index in [1.807, 2.05) is 18.2 Å². The van der Waals surface area contributed by atoms with Crippen LogP contribution in [0.5, 0.6) is 11.5 Å². The molecular formula is C24H27NO5. The van der Waals surface area contributed by atoms with Crippen LogP contribution in [0.25, 0.3) is 0 Å². The molecule has 0 unspecified atom stereocenters. The van der Waals surface area contributed by atoms with Gasteiger partial charge in [0.2, 0.25) is 0 Å². The van der Waals surface area contributed by atoms with Crippen LogP contribution in [-0.4, -0.2) is 61.0 Å². The number of phenolic OH excluding ortho intramolecular Hbond substituents is 1. The topological polar surface area (TPSA) is 76.1 Å². The van der Waals surface area contributed by atoms with Gasteiger partial charge in [-0.2, -0.15) is 0 Å². The fourth-order valence-electron chi connectivity index (χ4n) is 4.08. The summed E-state index contributed by atoms with van der Waals surface area (Å²) in [5.74, 6) is 1.58. The molecule has 0 amide bonds. The summed E-state index contributed by atoms with van der Waals surface area (Å²) in [5.41, 5.74) is 3.77. The molecule has 1 aliphatic heterocycles. The number of phenols is 1. The number of benzene rings is 2. The van der Waals surface area contributed by atoms with Crippen molar-refractivity contribution >= 4 is 11.6 Å². The van der Waals surface area contributed by atoms with Gasteiger partial charge in [-0.25, -0.2) is 0 Å². The Morgan fingerprint density at radius 3 is 2.20 bits per heavy atom. The van der Waals surface area contributed by atoms with E-state index in [0.29, 0.717) is 19.4 Å². The van der Waals surface area contributed by atoms with Crippen molar-refractivity contribution in [2.75, 3.05) is 39.5 Å². The Kier molecular flexibility index (Phi) is 6.45. The second kappa shape index (κ2) is 9.41. The summed E-state index contributed by atoms with van der Waals surface area (Å²) in [7, 11) is 0. The summed E-state index contributed by atoms with van der Waals surface area (Å²) in [4.78, 5) is 25.0. The number of fused-ring (bicyclic) bond motifs is 2. The molecule has 3 aliphatic rings. The van der Waals surface area contributed by atoms with Gasteiger partial charge in [0.25, 0.3) is 0 Å². The molecule has 30 heavy (non-hydrogen) atoms. The minimum absolute atomic E-state index is 0.194. The van der Waals surface area contributed by atoms with Gasteiger partial charge in [-0.05, 0) is 60.4 Å². The summed E-state index contributed by atoms with van der Waals surface area (Å²) < 4.78 is 11.1. The van der Waals surface area contributed by atoms with Gasteiger partial charge in [0.15, 0.2) is 11.6 Å². The lowest BCUT2D eigenvalue weighted by Gasteiger charge is -2.26. The minimum Gasteiger partial charge on any atom is -0.508 e. The Hall–Kier alpha value is -2.70. The first-order valence-electron chi connectivity index (χ1n) is 10.5. The maximum Gasteiger partial charge on any atom is 0.163 e. The van der Waals surface area contributed by atoms with Crippen LogP contribution >= 0.6 is 0 Å². The highest BCUT2D eigenvalue weighted by Gasteiger charge is 2.20. The first-order chi connectivity index (χ1) is 14.6. The van der Waals surface area contributed by atoms with Crippen LogP contribution in [-0.2, 0) is 17.6 Å². The van der Waals surface area contributed by atoms with E-state index in [1.54, 1.807) is 18.2 Å². The van der Waals surface area contributed by atoms with Crippen LogP contribution in [0.1, 0.15) is 44.7 Å². The Labute approximate surface area is 176 Å². The summed E-state index contributed by atoms with van der Waals surface area (Å²) in [6, 6.07) is 10.7. The second-order valence-corrected chi connectivity index (χ2v) is 7.81. The molecule has 0 bridgehead atoms. The van der Waals surface area contributed by atoms with Crippen molar-refractivity contribution in [3.05, 3.63) is 58.7 Å². The minimum atomic E-state index is 0.194. The van der Waals surface area contributed by atoms with Gasteiger partial charge in [0.1, 0.15) is 18.1 Å². The fourth-order valence-corrected chi connectivity index (χ4v) is 4.08.